The third-order valence-electron chi connectivity index (χ3n) is 2.72. The number of alkyl halides is 2. The van der Waals surface area contributed by atoms with Crippen molar-refractivity contribution >= 4 is 27.2 Å². The first kappa shape index (κ1) is 14.1. The largest absolute Gasteiger partial charge is 0.375 e. The van der Waals surface area contributed by atoms with E-state index in [-0.39, 0.29) is 18.8 Å². The van der Waals surface area contributed by atoms with Crippen LogP contribution in [0.5, 0.6) is 0 Å². The van der Waals surface area contributed by atoms with Crippen molar-refractivity contribution in [1.82, 2.24) is 0 Å². The first-order chi connectivity index (χ1) is 9.16. The van der Waals surface area contributed by atoms with Crippen molar-refractivity contribution in [3.8, 4) is 0 Å². The predicted octanol–water partition coefficient (Wildman–Crippen LogP) is 3.68. The van der Waals surface area contributed by atoms with E-state index in [0.717, 1.165) is 15.6 Å². The van der Waals surface area contributed by atoms with Crippen LogP contribution in [0.3, 0.4) is 0 Å². The summed E-state index contributed by atoms with van der Waals surface area (Å²) in [6.07, 6.45) is -1.96. The molecule has 2 nitrogen and oxygen atoms in total. The normalized spacial score (nSPS) is 11.3. The van der Waals surface area contributed by atoms with E-state index in [1.165, 1.54) is 0 Å². The summed E-state index contributed by atoms with van der Waals surface area (Å²) >= 11 is 1.61. The number of rotatable bonds is 7. The number of halogens is 2. The number of benzene rings is 1. The lowest BCUT2D eigenvalue weighted by Crippen LogP contribution is -2.10. The van der Waals surface area contributed by atoms with Gasteiger partial charge in [0.05, 0.1) is 6.61 Å². The van der Waals surface area contributed by atoms with Crippen LogP contribution in [0.15, 0.2) is 29.6 Å². The SMILES string of the molecule is O=C(CCOCC(F)F)Cc1csc2ccccc12. The minimum absolute atomic E-state index is 0.0119. The van der Waals surface area contributed by atoms with E-state index < -0.39 is 13.0 Å². The maximum Gasteiger partial charge on any atom is 0.261 e. The highest BCUT2D eigenvalue weighted by Gasteiger charge is 2.09. The lowest BCUT2D eigenvalue weighted by molar-refractivity contribution is -0.119. The van der Waals surface area contributed by atoms with E-state index in [2.05, 4.69) is 0 Å². The average molecular weight is 284 g/mol. The second-order valence-electron chi connectivity index (χ2n) is 4.19. The smallest absolute Gasteiger partial charge is 0.261 e. The number of carbonyl (C=O) groups excluding carboxylic acids is 1. The van der Waals surface area contributed by atoms with Crippen LogP contribution in [-0.2, 0) is 16.0 Å². The monoisotopic (exact) mass is 284 g/mol. The molecule has 5 heteroatoms. The number of fused-ring (bicyclic) bond motifs is 1. The summed E-state index contributed by atoms with van der Waals surface area (Å²) in [5.74, 6) is 0.0119. The Morgan fingerprint density at radius 2 is 2.11 bits per heavy atom. The molecule has 0 unspecified atom stereocenters. The molecule has 0 spiro atoms. The number of carbonyl (C=O) groups is 1. The zero-order valence-corrected chi connectivity index (χ0v) is 11.1. The second kappa shape index (κ2) is 6.73. The van der Waals surface area contributed by atoms with Gasteiger partial charge in [0.2, 0.25) is 0 Å². The Morgan fingerprint density at radius 1 is 1.32 bits per heavy atom. The van der Waals surface area contributed by atoms with E-state index in [9.17, 15) is 13.6 Å². The number of hydrogen-bond acceptors (Lipinski definition) is 3. The lowest BCUT2D eigenvalue weighted by atomic mass is 10.1. The van der Waals surface area contributed by atoms with Crippen LogP contribution >= 0.6 is 11.3 Å². The van der Waals surface area contributed by atoms with Crippen molar-refractivity contribution in [1.29, 1.82) is 0 Å². The van der Waals surface area contributed by atoms with Gasteiger partial charge >= 0.3 is 0 Å². The zero-order chi connectivity index (χ0) is 13.7. The van der Waals surface area contributed by atoms with Gasteiger partial charge in [0.25, 0.3) is 6.43 Å². The van der Waals surface area contributed by atoms with Crippen molar-refractivity contribution in [2.24, 2.45) is 0 Å². The van der Waals surface area contributed by atoms with Crippen LogP contribution in [0.1, 0.15) is 12.0 Å². The Labute approximate surface area is 114 Å². The van der Waals surface area contributed by atoms with Gasteiger partial charge in [-0.1, -0.05) is 18.2 Å². The molecule has 0 amide bonds. The van der Waals surface area contributed by atoms with E-state index >= 15 is 0 Å². The predicted molar refractivity (Wildman–Crippen MR) is 72.0 cm³/mol. The molecule has 1 aromatic heterocycles. The summed E-state index contributed by atoms with van der Waals surface area (Å²) < 4.78 is 29.5. The molecule has 0 N–H and O–H groups in total. The molecule has 0 radical (unpaired) electrons. The van der Waals surface area contributed by atoms with Gasteiger partial charge in [-0.3, -0.25) is 4.79 Å². The van der Waals surface area contributed by atoms with Crippen molar-refractivity contribution in [3.63, 3.8) is 0 Å². The average Bonchev–Trinajstić information content (AvgIpc) is 2.78. The van der Waals surface area contributed by atoms with Gasteiger partial charge < -0.3 is 4.74 Å². The molecule has 0 bridgehead atoms. The molecule has 0 saturated carbocycles. The topological polar surface area (TPSA) is 26.3 Å². The Bertz CT molecular complexity index is 551. The maximum atomic E-state index is 11.8. The van der Waals surface area contributed by atoms with E-state index in [0.29, 0.717) is 6.42 Å². The first-order valence-corrected chi connectivity index (χ1v) is 6.87. The number of ether oxygens (including phenoxy) is 1. The zero-order valence-electron chi connectivity index (χ0n) is 10.3. The quantitative estimate of drug-likeness (QED) is 0.725. The molecular formula is C14H14F2O2S. The van der Waals surface area contributed by atoms with Crippen molar-refractivity contribution in [3.05, 3.63) is 35.2 Å². The number of thiophene rings is 1. The van der Waals surface area contributed by atoms with E-state index in [4.69, 9.17) is 4.74 Å². The molecule has 2 rings (SSSR count). The third-order valence-corrected chi connectivity index (χ3v) is 3.73. The highest BCUT2D eigenvalue weighted by molar-refractivity contribution is 7.17. The molecule has 0 atom stereocenters. The summed E-state index contributed by atoms with van der Waals surface area (Å²) in [7, 11) is 0. The Balaban J connectivity index is 1.85. The van der Waals surface area contributed by atoms with Crippen LogP contribution in [-0.4, -0.2) is 25.4 Å². The molecule has 102 valence electrons. The standard InChI is InChI=1S/C14H14F2O2S/c15-14(16)8-18-6-5-11(17)7-10-9-19-13-4-2-1-3-12(10)13/h1-4,9,14H,5-8H2. The Morgan fingerprint density at radius 3 is 2.89 bits per heavy atom. The highest BCUT2D eigenvalue weighted by atomic mass is 32.1. The number of Topliss-reactive ketones (excluding diaryl/α,β-unsaturated/α-hetero) is 1. The van der Waals surface area contributed by atoms with Crippen molar-refractivity contribution < 1.29 is 18.3 Å². The summed E-state index contributed by atoms with van der Waals surface area (Å²) in [6.45, 7) is -0.542. The molecule has 1 aromatic carbocycles. The molecular weight excluding hydrogens is 270 g/mol. The molecule has 19 heavy (non-hydrogen) atoms. The summed E-state index contributed by atoms with van der Waals surface area (Å²) in [4.78, 5) is 11.7. The van der Waals surface area contributed by atoms with E-state index in [1.807, 2.05) is 29.6 Å². The van der Waals surface area contributed by atoms with Gasteiger partial charge in [-0.15, -0.1) is 11.3 Å². The summed E-state index contributed by atoms with van der Waals surface area (Å²) in [5.41, 5.74) is 0.999. The lowest BCUT2D eigenvalue weighted by Gasteiger charge is -2.03. The van der Waals surface area contributed by atoms with Crippen LogP contribution in [0, 0.1) is 0 Å². The molecule has 2 aromatic rings. The summed E-state index contributed by atoms with van der Waals surface area (Å²) in [5, 5.41) is 3.07. The minimum atomic E-state index is -2.48. The van der Waals surface area contributed by atoms with Crippen molar-refractivity contribution in [2.75, 3.05) is 13.2 Å². The fourth-order valence-corrected chi connectivity index (χ4v) is 2.79. The summed E-state index contributed by atoms with van der Waals surface area (Å²) in [6, 6.07) is 7.90. The molecule has 0 saturated heterocycles. The molecule has 0 fully saturated rings. The maximum absolute atomic E-state index is 11.8. The minimum Gasteiger partial charge on any atom is -0.375 e. The van der Waals surface area contributed by atoms with Gasteiger partial charge in [0.1, 0.15) is 12.4 Å². The first-order valence-electron chi connectivity index (χ1n) is 5.99. The van der Waals surface area contributed by atoms with Gasteiger partial charge in [-0.05, 0) is 22.4 Å². The van der Waals surface area contributed by atoms with E-state index in [1.54, 1.807) is 11.3 Å². The van der Waals surface area contributed by atoms with Gasteiger partial charge in [-0.25, -0.2) is 8.78 Å². The Kier molecular flexibility index (Phi) is 4.99. The van der Waals surface area contributed by atoms with Gasteiger partial charge in [0.15, 0.2) is 0 Å². The van der Waals surface area contributed by atoms with Crippen molar-refractivity contribution in [2.45, 2.75) is 19.3 Å². The van der Waals surface area contributed by atoms with Crippen LogP contribution in [0.4, 0.5) is 8.78 Å². The molecule has 0 aliphatic heterocycles. The number of hydrogen-bond donors (Lipinski definition) is 0. The third kappa shape index (κ3) is 4.08. The van der Waals surface area contributed by atoms with Crippen LogP contribution in [0.2, 0.25) is 0 Å². The highest BCUT2D eigenvalue weighted by Crippen LogP contribution is 2.26. The van der Waals surface area contributed by atoms with Gasteiger partial charge in [0, 0.05) is 17.5 Å². The fraction of sp³-hybridized carbons (Fsp3) is 0.357. The van der Waals surface area contributed by atoms with Crippen LogP contribution < -0.4 is 0 Å². The molecule has 0 aliphatic carbocycles. The number of ketones is 1. The van der Waals surface area contributed by atoms with Gasteiger partial charge in [-0.2, -0.15) is 0 Å². The van der Waals surface area contributed by atoms with Crippen LogP contribution in [0.25, 0.3) is 10.1 Å². The second-order valence-corrected chi connectivity index (χ2v) is 5.10. The molecule has 0 aliphatic rings. The fourth-order valence-electron chi connectivity index (χ4n) is 1.83. The Hall–Kier alpha value is -1.33. The molecule has 1 heterocycles.